The maximum atomic E-state index is 12.6. The molecule has 0 aliphatic rings. The highest BCUT2D eigenvalue weighted by atomic mass is 35.5. The highest BCUT2D eigenvalue weighted by Gasteiger charge is 2.39. The van der Waals surface area contributed by atoms with E-state index in [1.807, 2.05) is 27.7 Å². The van der Waals surface area contributed by atoms with Crippen LogP contribution in [0.1, 0.15) is 47.0 Å². The van der Waals surface area contributed by atoms with Gasteiger partial charge in [0.2, 0.25) is 10.0 Å². The maximum Gasteiger partial charge on any atom is 0.240 e. The smallest absolute Gasteiger partial charge is 0.240 e. The maximum absolute atomic E-state index is 12.6. The van der Waals surface area contributed by atoms with Crippen molar-refractivity contribution in [2.75, 3.05) is 0 Å². The Labute approximate surface area is 138 Å². The number of benzene rings is 1. The molecule has 0 bridgehead atoms. The predicted octanol–water partition coefficient (Wildman–Crippen LogP) is 3.58. The Morgan fingerprint density at radius 1 is 1.27 bits per heavy atom. The summed E-state index contributed by atoms with van der Waals surface area (Å²) in [4.78, 5) is 0.114. The molecule has 0 saturated carbocycles. The summed E-state index contributed by atoms with van der Waals surface area (Å²) in [6.07, 6.45) is 1.73. The van der Waals surface area contributed by atoms with Gasteiger partial charge in [0.1, 0.15) is 0 Å². The van der Waals surface area contributed by atoms with E-state index in [1.165, 1.54) is 12.1 Å². The standard InChI is InChI=1S/C16H26ClNO3S/c1-5-12(4)15(16(19,6-2)7-3)18-22(20,21)14-10-8-9-13(17)11-14/h8-12,15,18-19H,5-7H2,1-4H3/t12-,15-/m0/s1. The summed E-state index contributed by atoms with van der Waals surface area (Å²) in [6.45, 7) is 7.66. The van der Waals surface area contributed by atoms with Crippen LogP contribution in [0, 0.1) is 5.92 Å². The van der Waals surface area contributed by atoms with E-state index < -0.39 is 21.7 Å². The Bertz CT molecular complexity index is 585. The number of hydrogen-bond donors (Lipinski definition) is 2. The average molecular weight is 348 g/mol. The van der Waals surface area contributed by atoms with Crippen molar-refractivity contribution >= 4 is 21.6 Å². The Kier molecular flexibility index (Phi) is 6.86. The van der Waals surface area contributed by atoms with Crippen LogP contribution in [0.5, 0.6) is 0 Å². The Morgan fingerprint density at radius 3 is 2.32 bits per heavy atom. The molecule has 2 atom stereocenters. The van der Waals surface area contributed by atoms with Crippen LogP contribution in [-0.4, -0.2) is 25.2 Å². The molecule has 126 valence electrons. The normalized spacial score (nSPS) is 15.5. The highest BCUT2D eigenvalue weighted by Crippen LogP contribution is 2.28. The lowest BCUT2D eigenvalue weighted by atomic mass is 9.81. The highest BCUT2D eigenvalue weighted by molar-refractivity contribution is 7.89. The van der Waals surface area contributed by atoms with Crippen molar-refractivity contribution in [3.63, 3.8) is 0 Å². The predicted molar refractivity (Wildman–Crippen MR) is 90.5 cm³/mol. The molecule has 0 spiro atoms. The zero-order valence-electron chi connectivity index (χ0n) is 13.6. The van der Waals surface area contributed by atoms with Gasteiger partial charge in [-0.1, -0.05) is 51.8 Å². The van der Waals surface area contributed by atoms with Crippen molar-refractivity contribution in [3.8, 4) is 0 Å². The quantitative estimate of drug-likeness (QED) is 0.755. The van der Waals surface area contributed by atoms with Crippen LogP contribution < -0.4 is 4.72 Å². The molecule has 1 rings (SSSR count). The topological polar surface area (TPSA) is 66.4 Å². The molecule has 0 unspecified atom stereocenters. The van der Waals surface area contributed by atoms with Gasteiger partial charge in [-0.25, -0.2) is 13.1 Å². The van der Waals surface area contributed by atoms with Gasteiger partial charge < -0.3 is 5.11 Å². The third-order valence-corrected chi connectivity index (χ3v) is 6.08. The average Bonchev–Trinajstić information content (AvgIpc) is 2.51. The molecular formula is C16H26ClNO3S. The summed E-state index contributed by atoms with van der Waals surface area (Å²) in [6, 6.07) is 5.59. The number of aliphatic hydroxyl groups is 1. The molecule has 0 saturated heterocycles. The fourth-order valence-electron chi connectivity index (χ4n) is 2.55. The van der Waals surface area contributed by atoms with Gasteiger partial charge in [-0.2, -0.15) is 0 Å². The molecule has 0 heterocycles. The second-order valence-corrected chi connectivity index (χ2v) is 7.90. The molecule has 1 aromatic rings. The molecule has 4 nitrogen and oxygen atoms in total. The molecule has 22 heavy (non-hydrogen) atoms. The molecule has 0 fully saturated rings. The van der Waals surface area contributed by atoms with E-state index in [1.54, 1.807) is 12.1 Å². The molecule has 0 aliphatic heterocycles. The van der Waals surface area contributed by atoms with Gasteiger partial charge in [-0.15, -0.1) is 0 Å². The van der Waals surface area contributed by atoms with Gasteiger partial charge in [0.25, 0.3) is 0 Å². The summed E-state index contributed by atoms with van der Waals surface area (Å²) >= 11 is 5.88. The van der Waals surface area contributed by atoms with Gasteiger partial charge in [-0.05, 0) is 37.0 Å². The number of rotatable bonds is 8. The lowest BCUT2D eigenvalue weighted by Gasteiger charge is -2.38. The van der Waals surface area contributed by atoms with E-state index in [0.717, 1.165) is 6.42 Å². The Hall–Kier alpha value is -0.620. The van der Waals surface area contributed by atoms with Crippen LogP contribution in [0.15, 0.2) is 29.2 Å². The first-order chi connectivity index (χ1) is 10.2. The molecule has 0 aliphatic carbocycles. The van der Waals surface area contributed by atoms with Gasteiger partial charge in [0.15, 0.2) is 0 Å². The van der Waals surface area contributed by atoms with Crippen LogP contribution in [-0.2, 0) is 10.0 Å². The van der Waals surface area contributed by atoms with E-state index in [0.29, 0.717) is 17.9 Å². The van der Waals surface area contributed by atoms with E-state index in [2.05, 4.69) is 4.72 Å². The number of hydrogen-bond acceptors (Lipinski definition) is 3. The van der Waals surface area contributed by atoms with Crippen molar-refractivity contribution in [3.05, 3.63) is 29.3 Å². The lowest BCUT2D eigenvalue weighted by Crippen LogP contribution is -2.55. The largest absolute Gasteiger partial charge is 0.388 e. The first-order valence-corrected chi connectivity index (χ1v) is 9.56. The van der Waals surface area contributed by atoms with Gasteiger partial charge in [-0.3, -0.25) is 0 Å². The molecular weight excluding hydrogens is 322 g/mol. The minimum Gasteiger partial charge on any atom is -0.388 e. The van der Waals surface area contributed by atoms with Crippen LogP contribution in [0.2, 0.25) is 5.02 Å². The second kappa shape index (κ2) is 7.77. The van der Waals surface area contributed by atoms with Crippen molar-refractivity contribution in [1.29, 1.82) is 0 Å². The third kappa shape index (κ3) is 4.44. The van der Waals surface area contributed by atoms with Gasteiger partial charge in [0.05, 0.1) is 16.5 Å². The van der Waals surface area contributed by atoms with Gasteiger partial charge in [0, 0.05) is 5.02 Å². The molecule has 0 radical (unpaired) electrons. The number of halogens is 1. The molecule has 2 N–H and O–H groups in total. The summed E-state index contributed by atoms with van der Waals surface area (Å²) in [5.74, 6) is 0.0128. The third-order valence-electron chi connectivity index (χ3n) is 4.40. The van der Waals surface area contributed by atoms with Crippen LogP contribution >= 0.6 is 11.6 Å². The van der Waals surface area contributed by atoms with E-state index >= 15 is 0 Å². The summed E-state index contributed by atoms with van der Waals surface area (Å²) in [5.41, 5.74) is -1.07. The summed E-state index contributed by atoms with van der Waals surface area (Å²) in [5, 5.41) is 11.2. The van der Waals surface area contributed by atoms with Crippen LogP contribution in [0.3, 0.4) is 0 Å². The van der Waals surface area contributed by atoms with Crippen molar-refractivity contribution in [1.82, 2.24) is 4.72 Å². The fourth-order valence-corrected chi connectivity index (χ4v) is 4.27. The van der Waals surface area contributed by atoms with Crippen molar-refractivity contribution in [2.24, 2.45) is 5.92 Å². The zero-order valence-corrected chi connectivity index (χ0v) is 15.2. The summed E-state index contributed by atoms with van der Waals surface area (Å²) < 4.78 is 27.9. The summed E-state index contributed by atoms with van der Waals surface area (Å²) in [7, 11) is -3.73. The molecule has 1 aromatic carbocycles. The SMILES string of the molecule is CC[C@H](C)[C@H](NS(=O)(=O)c1cccc(Cl)c1)C(O)(CC)CC. The first-order valence-electron chi connectivity index (χ1n) is 7.70. The zero-order chi connectivity index (χ0) is 17.0. The van der Waals surface area contributed by atoms with Crippen LogP contribution in [0.25, 0.3) is 0 Å². The monoisotopic (exact) mass is 347 g/mol. The van der Waals surface area contributed by atoms with Crippen LogP contribution in [0.4, 0.5) is 0 Å². The van der Waals surface area contributed by atoms with Crippen molar-refractivity contribution < 1.29 is 13.5 Å². The lowest BCUT2D eigenvalue weighted by molar-refractivity contribution is -0.0161. The van der Waals surface area contributed by atoms with E-state index in [-0.39, 0.29) is 10.8 Å². The minimum atomic E-state index is -3.73. The Morgan fingerprint density at radius 2 is 1.86 bits per heavy atom. The first kappa shape index (κ1) is 19.4. The molecule has 0 aromatic heterocycles. The fraction of sp³-hybridized carbons (Fsp3) is 0.625. The number of nitrogens with one attached hydrogen (secondary N) is 1. The second-order valence-electron chi connectivity index (χ2n) is 5.75. The van der Waals surface area contributed by atoms with Crippen molar-refractivity contribution in [2.45, 2.75) is 63.5 Å². The molecule has 0 amide bonds. The van der Waals surface area contributed by atoms with E-state index in [4.69, 9.17) is 11.6 Å². The van der Waals surface area contributed by atoms with E-state index in [9.17, 15) is 13.5 Å². The number of sulfonamides is 1. The molecule has 6 heteroatoms. The Balaban J connectivity index is 3.18. The minimum absolute atomic E-state index is 0.0128. The van der Waals surface area contributed by atoms with Gasteiger partial charge >= 0.3 is 0 Å².